The van der Waals surface area contributed by atoms with Crippen LogP contribution in [0, 0.1) is 11.8 Å². The predicted octanol–water partition coefficient (Wildman–Crippen LogP) is 8.94. The summed E-state index contributed by atoms with van der Waals surface area (Å²) < 4.78 is 28.4. The third kappa shape index (κ3) is 13.0. The molecule has 3 heterocycles. The summed E-state index contributed by atoms with van der Waals surface area (Å²) in [4.78, 5) is 26.2. The van der Waals surface area contributed by atoms with Crippen LogP contribution in [0.3, 0.4) is 0 Å². The molecule has 7 nitrogen and oxygen atoms in total. The van der Waals surface area contributed by atoms with Crippen molar-refractivity contribution in [2.45, 2.75) is 205 Å². The summed E-state index contributed by atoms with van der Waals surface area (Å²) >= 11 is 0. The lowest BCUT2D eigenvalue weighted by molar-refractivity contribution is -0.167. The van der Waals surface area contributed by atoms with Gasteiger partial charge in [0.05, 0.1) is 24.0 Å². The Labute approximate surface area is 261 Å². The lowest BCUT2D eigenvalue weighted by Gasteiger charge is -2.25. The number of carbonyl (C=O) groups excluding carboxylic acids is 2. The molecule has 1 saturated carbocycles. The second-order valence-corrected chi connectivity index (χ2v) is 13.8. The Balaban J connectivity index is 1.03. The molecule has 248 valence electrons. The molecule has 8 atom stereocenters. The first-order valence-corrected chi connectivity index (χ1v) is 18.5. The minimum atomic E-state index is -0.530. The number of unbranched alkanes of at least 4 members (excludes halogenated alkanes) is 18. The van der Waals surface area contributed by atoms with Gasteiger partial charge in [-0.25, -0.2) is 0 Å². The molecule has 3 saturated heterocycles. The van der Waals surface area contributed by atoms with Gasteiger partial charge in [0.15, 0.2) is 0 Å². The molecule has 0 amide bonds. The average Bonchev–Trinajstić information content (AvgIpc) is 3.92. The summed E-state index contributed by atoms with van der Waals surface area (Å²) in [6, 6.07) is 0. The average molecular weight is 607 g/mol. The van der Waals surface area contributed by atoms with Gasteiger partial charge in [-0.1, -0.05) is 142 Å². The van der Waals surface area contributed by atoms with Crippen molar-refractivity contribution in [2.24, 2.45) is 11.8 Å². The highest BCUT2D eigenvalue weighted by atomic mass is 16.8. The SMILES string of the molecule is CCCCCCCCCCCCC1OC1OC(=O)C1CC2OC2CC1C(=O)OC1OC1CCCCCCCCCCCC. The first kappa shape index (κ1) is 34.7. The lowest BCUT2D eigenvalue weighted by atomic mass is 9.79. The molecule has 4 fully saturated rings. The fourth-order valence-electron chi connectivity index (χ4n) is 6.88. The molecule has 43 heavy (non-hydrogen) atoms. The van der Waals surface area contributed by atoms with Crippen molar-refractivity contribution in [1.29, 1.82) is 0 Å². The van der Waals surface area contributed by atoms with Crippen LogP contribution < -0.4 is 0 Å². The zero-order chi connectivity index (χ0) is 30.3. The van der Waals surface area contributed by atoms with E-state index in [1.807, 2.05) is 0 Å². The summed E-state index contributed by atoms with van der Waals surface area (Å²) in [5.74, 6) is -1.74. The van der Waals surface area contributed by atoms with Crippen molar-refractivity contribution in [3.8, 4) is 0 Å². The Morgan fingerprint density at radius 1 is 0.488 bits per heavy atom. The molecule has 1 aliphatic carbocycles. The standard InChI is InChI=1S/C36H62O7/c1-3-5-7-9-11-13-15-17-19-21-23-29-35(40-29)42-33(37)27-25-31-32(39-31)26-28(27)34(38)43-36-30(41-36)24-22-20-18-16-14-12-10-8-6-4-2/h27-32,35-36H,3-26H2,1-2H3. The van der Waals surface area contributed by atoms with Gasteiger partial charge in [0.2, 0.25) is 12.6 Å². The number of ether oxygens (including phenoxy) is 5. The Kier molecular flexibility index (Phi) is 15.6. The van der Waals surface area contributed by atoms with Gasteiger partial charge in [-0.2, -0.15) is 0 Å². The van der Waals surface area contributed by atoms with Gasteiger partial charge in [0.25, 0.3) is 0 Å². The predicted molar refractivity (Wildman–Crippen MR) is 167 cm³/mol. The Bertz CT molecular complexity index is 738. The van der Waals surface area contributed by atoms with E-state index in [4.69, 9.17) is 23.7 Å². The van der Waals surface area contributed by atoms with Crippen LogP contribution in [-0.4, -0.2) is 48.9 Å². The number of hydrogen-bond acceptors (Lipinski definition) is 7. The summed E-state index contributed by atoms with van der Waals surface area (Å²) in [6.45, 7) is 4.52. The fraction of sp³-hybridized carbons (Fsp3) is 0.944. The number of fused-ring (bicyclic) bond motifs is 1. The second-order valence-electron chi connectivity index (χ2n) is 13.8. The number of epoxide rings is 3. The number of carbonyl (C=O) groups is 2. The molecular weight excluding hydrogens is 544 g/mol. The molecule has 0 aromatic heterocycles. The van der Waals surface area contributed by atoms with Crippen LogP contribution in [0.25, 0.3) is 0 Å². The van der Waals surface area contributed by atoms with E-state index in [2.05, 4.69) is 13.8 Å². The van der Waals surface area contributed by atoms with E-state index in [0.717, 1.165) is 25.7 Å². The molecule has 8 unspecified atom stereocenters. The zero-order valence-corrected chi connectivity index (χ0v) is 27.4. The molecule has 0 radical (unpaired) electrons. The Hall–Kier alpha value is -1.18. The van der Waals surface area contributed by atoms with Gasteiger partial charge in [0, 0.05) is 0 Å². The van der Waals surface area contributed by atoms with E-state index in [0.29, 0.717) is 12.8 Å². The minimum absolute atomic E-state index is 0.00308. The van der Waals surface area contributed by atoms with Crippen molar-refractivity contribution >= 4 is 11.9 Å². The molecule has 4 rings (SSSR count). The van der Waals surface area contributed by atoms with E-state index >= 15 is 0 Å². The molecule has 0 N–H and O–H groups in total. The first-order valence-electron chi connectivity index (χ1n) is 18.5. The van der Waals surface area contributed by atoms with Gasteiger partial charge in [-0.3, -0.25) is 9.59 Å². The largest absolute Gasteiger partial charge is 0.433 e. The summed E-state index contributed by atoms with van der Waals surface area (Å²) in [7, 11) is 0. The van der Waals surface area contributed by atoms with Crippen LogP contribution in [0.5, 0.6) is 0 Å². The molecule has 0 spiro atoms. The lowest BCUT2D eigenvalue weighted by Crippen LogP contribution is -2.38. The Morgan fingerprint density at radius 2 is 0.814 bits per heavy atom. The van der Waals surface area contributed by atoms with Gasteiger partial charge in [0.1, 0.15) is 12.2 Å². The summed E-state index contributed by atoms with van der Waals surface area (Å²) in [5.41, 5.74) is 0. The molecule has 3 aliphatic heterocycles. The zero-order valence-electron chi connectivity index (χ0n) is 27.4. The normalized spacial score (nSPS) is 30.5. The second kappa shape index (κ2) is 19.4. The van der Waals surface area contributed by atoms with Gasteiger partial charge in [-0.05, 0) is 25.7 Å². The maximum Gasteiger partial charge on any atom is 0.312 e. The highest BCUT2D eigenvalue weighted by Gasteiger charge is 2.56. The highest BCUT2D eigenvalue weighted by Crippen LogP contribution is 2.45. The van der Waals surface area contributed by atoms with Crippen LogP contribution in [-0.2, 0) is 33.3 Å². The van der Waals surface area contributed by atoms with Gasteiger partial charge < -0.3 is 23.7 Å². The molecule has 0 aromatic carbocycles. The topological polar surface area (TPSA) is 90.2 Å². The van der Waals surface area contributed by atoms with Crippen molar-refractivity contribution in [2.75, 3.05) is 0 Å². The molecule has 4 aliphatic rings. The first-order chi connectivity index (χ1) is 21.1. The quantitative estimate of drug-likeness (QED) is 0.0551. The van der Waals surface area contributed by atoms with E-state index in [1.165, 1.54) is 116 Å². The smallest absolute Gasteiger partial charge is 0.312 e. The van der Waals surface area contributed by atoms with Crippen LogP contribution >= 0.6 is 0 Å². The maximum absolute atomic E-state index is 13.1. The highest BCUT2D eigenvalue weighted by molar-refractivity contribution is 5.83. The van der Waals surface area contributed by atoms with Crippen LogP contribution in [0.1, 0.15) is 168 Å². The number of hydrogen-bond donors (Lipinski definition) is 0. The summed E-state index contributed by atoms with van der Waals surface area (Å²) in [5, 5.41) is 0. The van der Waals surface area contributed by atoms with E-state index in [1.54, 1.807) is 0 Å². The Morgan fingerprint density at radius 3 is 1.16 bits per heavy atom. The maximum atomic E-state index is 13.1. The minimum Gasteiger partial charge on any atom is -0.433 e. The third-order valence-corrected chi connectivity index (χ3v) is 9.97. The van der Waals surface area contributed by atoms with Gasteiger partial charge in [-0.15, -0.1) is 0 Å². The summed E-state index contributed by atoms with van der Waals surface area (Å²) in [6.07, 6.45) is 28.1. The number of rotatable bonds is 26. The van der Waals surface area contributed by atoms with Crippen LogP contribution in [0.15, 0.2) is 0 Å². The van der Waals surface area contributed by atoms with Gasteiger partial charge >= 0.3 is 11.9 Å². The molecule has 0 aromatic rings. The van der Waals surface area contributed by atoms with Crippen molar-refractivity contribution in [3.63, 3.8) is 0 Å². The van der Waals surface area contributed by atoms with Crippen molar-refractivity contribution in [1.82, 2.24) is 0 Å². The van der Waals surface area contributed by atoms with Crippen molar-refractivity contribution < 1.29 is 33.3 Å². The van der Waals surface area contributed by atoms with E-state index < -0.39 is 24.4 Å². The molecular formula is C36H62O7. The van der Waals surface area contributed by atoms with Crippen LogP contribution in [0.4, 0.5) is 0 Å². The molecule has 0 bridgehead atoms. The van der Waals surface area contributed by atoms with Crippen LogP contribution in [0.2, 0.25) is 0 Å². The molecule has 7 heteroatoms. The van der Waals surface area contributed by atoms with E-state index in [9.17, 15) is 9.59 Å². The fourth-order valence-corrected chi connectivity index (χ4v) is 6.88. The van der Waals surface area contributed by atoms with Crippen molar-refractivity contribution in [3.05, 3.63) is 0 Å². The number of esters is 2. The third-order valence-electron chi connectivity index (χ3n) is 9.97. The monoisotopic (exact) mass is 606 g/mol. The van der Waals surface area contributed by atoms with E-state index in [-0.39, 0.29) is 36.4 Å².